The molecule has 0 bridgehead atoms. The molecule has 1 aromatic heterocycles. The smallest absolute Gasteiger partial charge is 0.240 e. The third kappa shape index (κ3) is 2.78. The van der Waals surface area contributed by atoms with Crippen LogP contribution in [0, 0.1) is 6.92 Å². The molecule has 7 heteroatoms. The van der Waals surface area contributed by atoms with Crippen molar-refractivity contribution in [1.29, 1.82) is 0 Å². The molecule has 2 atom stereocenters. The van der Waals surface area contributed by atoms with Crippen molar-refractivity contribution in [3.8, 4) is 0 Å². The number of hydrogen-bond donors (Lipinski definition) is 2. The molecule has 0 spiro atoms. The molecular weight excluding hydrogens is 282 g/mol. The molecule has 3 rings (SSSR count). The highest BCUT2D eigenvalue weighted by molar-refractivity contribution is 5.82. The molecule has 120 valence electrons. The van der Waals surface area contributed by atoms with Gasteiger partial charge in [-0.25, -0.2) is 9.97 Å². The van der Waals surface area contributed by atoms with Gasteiger partial charge in [-0.1, -0.05) is 0 Å². The predicted molar refractivity (Wildman–Crippen MR) is 82.6 cm³/mol. The van der Waals surface area contributed by atoms with Crippen LogP contribution in [-0.2, 0) is 17.8 Å². The van der Waals surface area contributed by atoms with E-state index in [0.29, 0.717) is 26.1 Å². The highest BCUT2D eigenvalue weighted by Gasteiger charge is 2.33. The average Bonchev–Trinajstić information content (AvgIpc) is 2.91. The van der Waals surface area contributed by atoms with Gasteiger partial charge in [0.1, 0.15) is 11.6 Å². The second-order valence-electron chi connectivity index (χ2n) is 6.27. The minimum atomic E-state index is -0.420. The average molecular weight is 305 g/mol. The van der Waals surface area contributed by atoms with Crippen molar-refractivity contribution in [3.05, 3.63) is 17.1 Å². The van der Waals surface area contributed by atoms with Gasteiger partial charge in [0, 0.05) is 32.7 Å². The monoisotopic (exact) mass is 305 g/mol. The second-order valence-corrected chi connectivity index (χ2v) is 6.27. The zero-order valence-corrected chi connectivity index (χ0v) is 13.3. The Morgan fingerprint density at radius 2 is 2.18 bits per heavy atom. The van der Waals surface area contributed by atoms with Crippen molar-refractivity contribution < 1.29 is 9.90 Å². The molecule has 7 nitrogen and oxygen atoms in total. The van der Waals surface area contributed by atoms with Crippen LogP contribution in [0.25, 0.3) is 0 Å². The molecule has 0 aliphatic carbocycles. The predicted octanol–water partition coefficient (Wildman–Crippen LogP) is -0.541. The zero-order chi connectivity index (χ0) is 15.9. The van der Waals surface area contributed by atoms with E-state index < -0.39 is 6.10 Å². The number of aromatic nitrogens is 2. The lowest BCUT2D eigenvalue weighted by atomic mass is 10.0. The van der Waals surface area contributed by atoms with Crippen molar-refractivity contribution in [1.82, 2.24) is 20.2 Å². The van der Waals surface area contributed by atoms with Crippen LogP contribution in [-0.4, -0.2) is 65.2 Å². The van der Waals surface area contributed by atoms with Crippen molar-refractivity contribution in [3.63, 3.8) is 0 Å². The molecule has 0 radical (unpaired) electrons. The van der Waals surface area contributed by atoms with Gasteiger partial charge in [0.05, 0.1) is 24.4 Å². The number of hydrogen-bond acceptors (Lipinski definition) is 6. The fourth-order valence-electron chi connectivity index (χ4n) is 3.21. The first-order chi connectivity index (χ1) is 10.5. The summed E-state index contributed by atoms with van der Waals surface area (Å²) in [7, 11) is 3.95. The Hall–Kier alpha value is -1.73. The Bertz CT molecular complexity index is 590. The number of carbonyl (C=O) groups is 1. The summed E-state index contributed by atoms with van der Waals surface area (Å²) >= 11 is 0. The van der Waals surface area contributed by atoms with E-state index in [2.05, 4.69) is 15.3 Å². The summed E-state index contributed by atoms with van der Waals surface area (Å²) in [5.41, 5.74) is 2.08. The molecule has 1 fully saturated rings. The number of nitrogens with one attached hydrogen (secondary N) is 1. The number of anilines is 1. The van der Waals surface area contributed by atoms with E-state index in [1.165, 1.54) is 0 Å². The summed E-state index contributed by atoms with van der Waals surface area (Å²) in [6.07, 6.45) is 0.842. The van der Waals surface area contributed by atoms with Crippen LogP contribution < -0.4 is 10.2 Å². The Labute approximate surface area is 130 Å². The quantitative estimate of drug-likeness (QED) is 0.764. The third-order valence-corrected chi connectivity index (χ3v) is 4.30. The Balaban J connectivity index is 1.80. The van der Waals surface area contributed by atoms with Gasteiger partial charge in [-0.3, -0.25) is 4.79 Å². The molecule has 0 unspecified atom stereocenters. The van der Waals surface area contributed by atoms with E-state index in [9.17, 15) is 9.90 Å². The third-order valence-electron chi connectivity index (χ3n) is 4.30. The van der Waals surface area contributed by atoms with Crippen LogP contribution in [0.4, 0.5) is 5.82 Å². The Morgan fingerprint density at radius 3 is 2.82 bits per heavy atom. The van der Waals surface area contributed by atoms with Crippen molar-refractivity contribution >= 4 is 11.7 Å². The second kappa shape index (κ2) is 5.81. The number of fused-ring (bicyclic) bond motifs is 1. The minimum absolute atomic E-state index is 0.0601. The first-order valence-electron chi connectivity index (χ1n) is 7.69. The lowest BCUT2D eigenvalue weighted by Gasteiger charge is -2.32. The first kappa shape index (κ1) is 15.2. The summed E-state index contributed by atoms with van der Waals surface area (Å²) in [6, 6.07) is -0.271. The molecule has 1 saturated heterocycles. The van der Waals surface area contributed by atoms with Crippen LogP contribution in [0.5, 0.6) is 0 Å². The number of rotatable bonds is 2. The molecule has 2 aliphatic rings. The fourth-order valence-corrected chi connectivity index (χ4v) is 3.21. The molecule has 0 aromatic carbocycles. The number of aliphatic hydroxyl groups is 1. The summed E-state index contributed by atoms with van der Waals surface area (Å²) in [5.74, 6) is 1.74. The normalized spacial score (nSPS) is 24.3. The highest BCUT2D eigenvalue weighted by atomic mass is 16.3. The molecule has 3 heterocycles. The van der Waals surface area contributed by atoms with Crippen molar-refractivity contribution in [2.75, 3.05) is 32.1 Å². The topological polar surface area (TPSA) is 81.6 Å². The Kier molecular flexibility index (Phi) is 4.01. The summed E-state index contributed by atoms with van der Waals surface area (Å²) in [4.78, 5) is 25.4. The van der Waals surface area contributed by atoms with Crippen LogP contribution in [0.1, 0.15) is 23.5 Å². The maximum atomic E-state index is 12.6. The molecule has 0 saturated carbocycles. The van der Waals surface area contributed by atoms with Gasteiger partial charge in [0.2, 0.25) is 5.91 Å². The number of β-amino-alcohol motifs (C(OH)–C–C–N with tert-alkyl or cyclic N) is 1. The number of carbonyl (C=O) groups excluding carboxylic acids is 1. The van der Waals surface area contributed by atoms with Gasteiger partial charge in [0.25, 0.3) is 0 Å². The van der Waals surface area contributed by atoms with E-state index in [4.69, 9.17) is 0 Å². The lowest BCUT2D eigenvalue weighted by Crippen LogP contribution is -2.46. The highest BCUT2D eigenvalue weighted by Crippen LogP contribution is 2.26. The first-order valence-corrected chi connectivity index (χ1v) is 7.69. The van der Waals surface area contributed by atoms with E-state index in [1.54, 1.807) is 0 Å². The number of aryl methyl sites for hydroxylation is 1. The molecule has 1 amide bonds. The van der Waals surface area contributed by atoms with Gasteiger partial charge in [-0.05, 0) is 19.8 Å². The number of amides is 1. The maximum Gasteiger partial charge on any atom is 0.240 e. The van der Waals surface area contributed by atoms with E-state index in [-0.39, 0.29) is 11.9 Å². The molecular formula is C15H23N5O2. The van der Waals surface area contributed by atoms with E-state index >= 15 is 0 Å². The lowest BCUT2D eigenvalue weighted by molar-refractivity contribution is -0.134. The number of aliphatic hydroxyl groups excluding tert-OH is 1. The van der Waals surface area contributed by atoms with Gasteiger partial charge in [-0.2, -0.15) is 0 Å². The van der Waals surface area contributed by atoms with E-state index in [0.717, 1.165) is 29.3 Å². The van der Waals surface area contributed by atoms with Gasteiger partial charge in [-0.15, -0.1) is 0 Å². The Morgan fingerprint density at radius 1 is 1.41 bits per heavy atom. The summed E-state index contributed by atoms with van der Waals surface area (Å²) in [5, 5.41) is 12.7. The summed E-state index contributed by atoms with van der Waals surface area (Å²) in [6.45, 7) is 3.57. The van der Waals surface area contributed by atoms with E-state index in [1.807, 2.05) is 30.8 Å². The molecule has 1 aromatic rings. The fraction of sp³-hybridized carbons (Fsp3) is 0.667. The van der Waals surface area contributed by atoms with Gasteiger partial charge < -0.3 is 20.2 Å². The van der Waals surface area contributed by atoms with Gasteiger partial charge >= 0.3 is 0 Å². The SMILES string of the molecule is Cc1nc2c(c(N(C)C)n1)CCN(C(=O)[C@@H]1C[C@@H](O)CN1)C2. The molecule has 2 aliphatic heterocycles. The zero-order valence-electron chi connectivity index (χ0n) is 13.3. The van der Waals surface area contributed by atoms with Crippen molar-refractivity contribution in [2.45, 2.75) is 38.5 Å². The minimum Gasteiger partial charge on any atom is -0.392 e. The van der Waals surface area contributed by atoms with Crippen LogP contribution >= 0.6 is 0 Å². The van der Waals surface area contributed by atoms with Crippen LogP contribution in [0.3, 0.4) is 0 Å². The molecule has 22 heavy (non-hydrogen) atoms. The van der Waals surface area contributed by atoms with Gasteiger partial charge in [0.15, 0.2) is 0 Å². The number of nitrogens with zero attached hydrogens (tertiary/aromatic N) is 4. The van der Waals surface area contributed by atoms with Crippen LogP contribution in [0.15, 0.2) is 0 Å². The molecule has 2 N–H and O–H groups in total. The summed E-state index contributed by atoms with van der Waals surface area (Å²) < 4.78 is 0. The largest absolute Gasteiger partial charge is 0.392 e. The standard InChI is InChI=1S/C15H23N5O2/c1-9-17-13-8-20(15(22)12-6-10(21)7-16-12)5-4-11(13)14(18-9)19(2)3/h10,12,16,21H,4-8H2,1-3H3/t10-,12+/m1/s1. The van der Waals surface area contributed by atoms with Crippen molar-refractivity contribution in [2.24, 2.45) is 0 Å². The maximum absolute atomic E-state index is 12.6. The van der Waals surface area contributed by atoms with Crippen LogP contribution in [0.2, 0.25) is 0 Å².